The molecule has 0 saturated heterocycles. The molecule has 0 aromatic carbocycles. The lowest BCUT2D eigenvalue weighted by Crippen LogP contribution is -1.65. The molecule has 0 aliphatic rings. The van der Waals surface area contributed by atoms with Crippen LogP contribution in [0.2, 0.25) is 0 Å². The molecule has 0 aliphatic heterocycles. The summed E-state index contributed by atoms with van der Waals surface area (Å²) in [6.45, 7) is -3.81. The molecule has 7 heavy (non-hydrogen) atoms. The van der Waals surface area contributed by atoms with Crippen molar-refractivity contribution in [3.63, 3.8) is 0 Å². The first kappa shape index (κ1) is 10.5. The van der Waals surface area contributed by atoms with Crippen molar-refractivity contribution in [1.29, 1.82) is 0 Å². The molecule has 0 aromatic rings. The summed E-state index contributed by atoms with van der Waals surface area (Å²) in [5.41, 5.74) is 0. The normalized spacial score (nSPS) is 9.29. The highest BCUT2D eigenvalue weighted by atomic mass is 32.5. The van der Waals surface area contributed by atoms with E-state index in [-0.39, 0.29) is 0 Å². The zero-order valence-corrected chi connectivity index (χ0v) is 4.93. The largest absolute Gasteiger partial charge is 0.387 e. The topological polar surface area (TPSA) is 80.9 Å². The Bertz CT molecular complexity index is 57.8. The number of rotatable bonds is 0. The molecular formula is CH5O4PS. The van der Waals surface area contributed by atoms with Gasteiger partial charge in [0.2, 0.25) is 0 Å². The average molecular weight is 144 g/mol. The molecule has 0 fully saturated rings. The Morgan fingerprint density at radius 3 is 1.14 bits per heavy atom. The van der Waals surface area contributed by atoms with Crippen LogP contribution in [0, 0.1) is 7.11 Å². The Morgan fingerprint density at radius 1 is 1.14 bits per heavy atom. The van der Waals surface area contributed by atoms with E-state index in [1.54, 1.807) is 0 Å². The van der Waals surface area contributed by atoms with E-state index in [4.69, 9.17) is 19.8 Å². The first-order chi connectivity index (χ1) is 3.00. The second-order valence-electron chi connectivity index (χ2n) is 0.513. The minimum absolute atomic E-state index is 3.50. The van der Waals surface area contributed by atoms with Crippen LogP contribution in [0.5, 0.6) is 0 Å². The smallest absolute Gasteiger partial charge is 0.319 e. The van der Waals surface area contributed by atoms with Gasteiger partial charge in [0.1, 0.15) is 7.11 Å². The Kier molecular flexibility index (Phi) is 6.94. The Balaban J connectivity index is 0. The van der Waals surface area contributed by atoms with Gasteiger partial charge in [-0.25, -0.2) is 0 Å². The predicted octanol–water partition coefficient (Wildman–Crippen LogP) is -0.785. The van der Waals surface area contributed by atoms with Crippen molar-refractivity contribution >= 4 is 18.5 Å². The highest BCUT2D eigenvalue weighted by Gasteiger charge is 1.92. The third-order valence-electron chi connectivity index (χ3n) is 0. The summed E-state index contributed by atoms with van der Waals surface area (Å²) in [6, 6.07) is 0. The summed E-state index contributed by atoms with van der Waals surface area (Å²) in [5, 5.41) is 6.50. The van der Waals surface area contributed by atoms with E-state index in [1.807, 2.05) is 0 Å². The molecule has 2 radical (unpaired) electrons. The highest BCUT2D eigenvalue weighted by Crippen LogP contribution is 2.26. The zero-order valence-electron chi connectivity index (χ0n) is 3.22. The van der Waals surface area contributed by atoms with Crippen molar-refractivity contribution in [2.45, 2.75) is 0 Å². The average Bonchev–Trinajstić information content (AvgIpc) is 1.36. The van der Waals surface area contributed by atoms with Crippen LogP contribution in [0.3, 0.4) is 0 Å². The molecule has 0 bridgehead atoms. The highest BCUT2D eigenvalue weighted by molar-refractivity contribution is 8.06. The van der Waals surface area contributed by atoms with Gasteiger partial charge >= 0.3 is 6.72 Å². The Labute approximate surface area is 46.3 Å². The summed E-state index contributed by atoms with van der Waals surface area (Å²) >= 11 is 3.60. The van der Waals surface area contributed by atoms with Crippen molar-refractivity contribution in [3.8, 4) is 0 Å². The van der Waals surface area contributed by atoms with E-state index in [2.05, 4.69) is 18.9 Å². The van der Waals surface area contributed by atoms with Gasteiger partial charge in [-0.15, -0.1) is 0 Å². The Hall–Kier alpha value is 0.490. The van der Waals surface area contributed by atoms with Crippen LogP contribution in [-0.2, 0) is 11.8 Å². The molecule has 0 rings (SSSR count). The number of hydrogen-bond donors (Lipinski definition) is 4. The summed E-state index contributed by atoms with van der Waals surface area (Å²) in [7, 11) is 3.50. The second-order valence-corrected chi connectivity index (χ2v) is 3.01. The third-order valence-corrected chi connectivity index (χ3v) is 0. The molecule has 0 aliphatic carbocycles. The van der Waals surface area contributed by atoms with Crippen LogP contribution in [0.1, 0.15) is 0 Å². The van der Waals surface area contributed by atoms with E-state index < -0.39 is 6.72 Å². The van der Waals surface area contributed by atoms with Gasteiger partial charge in [-0.1, -0.05) is 0 Å². The molecule has 0 amide bonds. The first-order valence-electron chi connectivity index (χ1n) is 1.04. The van der Waals surface area contributed by atoms with Gasteiger partial charge < -0.3 is 19.8 Å². The fraction of sp³-hybridized carbons (Fsp3) is 0. The molecular weight excluding hydrogens is 139 g/mol. The van der Waals surface area contributed by atoms with Gasteiger partial charge in [-0.3, -0.25) is 0 Å². The number of hydrogen-bond acceptors (Lipinski definition) is 2. The first-order valence-corrected chi connectivity index (χ1v) is 3.70. The van der Waals surface area contributed by atoms with Gasteiger partial charge in [0.25, 0.3) is 0 Å². The minimum atomic E-state index is -3.81. The molecule has 0 heterocycles. The van der Waals surface area contributed by atoms with E-state index in [0.29, 0.717) is 0 Å². The molecule has 0 saturated carbocycles. The number of aliphatic hydroxyl groups is 1. The molecule has 0 aromatic heterocycles. The lowest BCUT2D eigenvalue weighted by molar-refractivity contribution is 0.363. The predicted molar refractivity (Wildman–Crippen MR) is 27.2 cm³/mol. The fourth-order valence-corrected chi connectivity index (χ4v) is 0. The van der Waals surface area contributed by atoms with Gasteiger partial charge in [-0.2, -0.15) is 0 Å². The number of aliphatic hydroxyl groups excluding tert-OH is 1. The van der Waals surface area contributed by atoms with Crippen LogP contribution in [0.25, 0.3) is 0 Å². The van der Waals surface area contributed by atoms with Crippen LogP contribution in [0.15, 0.2) is 0 Å². The van der Waals surface area contributed by atoms with Crippen molar-refractivity contribution < 1.29 is 19.8 Å². The maximum absolute atomic E-state index is 7.56. The molecule has 44 valence electrons. The zero-order chi connectivity index (χ0) is 6.50. The fourth-order valence-electron chi connectivity index (χ4n) is 0. The van der Waals surface area contributed by atoms with Crippen LogP contribution in [0.4, 0.5) is 0 Å². The minimum Gasteiger partial charge on any atom is -0.387 e. The molecule has 6 heteroatoms. The maximum atomic E-state index is 7.56. The van der Waals surface area contributed by atoms with E-state index in [9.17, 15) is 0 Å². The van der Waals surface area contributed by atoms with Crippen molar-refractivity contribution in [1.82, 2.24) is 0 Å². The maximum Gasteiger partial charge on any atom is 0.319 e. The summed E-state index contributed by atoms with van der Waals surface area (Å²) < 4.78 is 0. The van der Waals surface area contributed by atoms with Gasteiger partial charge in [0.05, 0.1) is 0 Å². The van der Waals surface area contributed by atoms with Crippen molar-refractivity contribution in [2.75, 3.05) is 0 Å². The van der Waals surface area contributed by atoms with E-state index >= 15 is 0 Å². The standard InChI is InChI=1S/CH2O.H3O3PS/c1-2;1-4(2,3)5/h1-2H;(H3,1,2,3,5). The third kappa shape index (κ3) is 545. The van der Waals surface area contributed by atoms with Crippen LogP contribution in [-0.4, -0.2) is 19.8 Å². The van der Waals surface area contributed by atoms with Gasteiger partial charge in [0, 0.05) is 0 Å². The summed E-state index contributed by atoms with van der Waals surface area (Å²) in [4.78, 5) is 22.7. The lowest BCUT2D eigenvalue weighted by atomic mass is 11.8. The summed E-state index contributed by atoms with van der Waals surface area (Å²) in [5.74, 6) is 0. The van der Waals surface area contributed by atoms with Gasteiger partial charge in [-0.05, 0) is 11.8 Å². The van der Waals surface area contributed by atoms with E-state index in [1.165, 1.54) is 0 Å². The van der Waals surface area contributed by atoms with Crippen LogP contribution < -0.4 is 0 Å². The quantitative estimate of drug-likeness (QED) is 0.335. The molecule has 4 N–H and O–H groups in total. The van der Waals surface area contributed by atoms with E-state index in [0.717, 1.165) is 0 Å². The molecule has 4 nitrogen and oxygen atoms in total. The SMILES string of the molecule is OP(O)(O)=S.[CH]O. The monoisotopic (exact) mass is 144 g/mol. The summed E-state index contributed by atoms with van der Waals surface area (Å²) in [6.07, 6.45) is 0. The van der Waals surface area contributed by atoms with Crippen molar-refractivity contribution in [3.05, 3.63) is 7.11 Å². The second kappa shape index (κ2) is 4.64. The molecule has 0 spiro atoms. The lowest BCUT2D eigenvalue weighted by Gasteiger charge is -1.88. The van der Waals surface area contributed by atoms with Crippen LogP contribution >= 0.6 is 6.72 Å². The molecule has 0 unspecified atom stereocenters. The van der Waals surface area contributed by atoms with Gasteiger partial charge in [0.15, 0.2) is 0 Å². The van der Waals surface area contributed by atoms with Crippen molar-refractivity contribution in [2.24, 2.45) is 0 Å². The Morgan fingerprint density at radius 2 is 1.14 bits per heavy atom. The molecule has 0 atom stereocenters.